The Labute approximate surface area is 457 Å². The van der Waals surface area contributed by atoms with E-state index < -0.39 is 0 Å². The molecule has 0 fully saturated rings. The average Bonchev–Trinajstić information content (AvgIpc) is 4.34. The van der Waals surface area contributed by atoms with E-state index in [0.29, 0.717) is 0 Å². The number of hydrogen-bond acceptors (Lipinski definition) is 4. The van der Waals surface area contributed by atoms with Gasteiger partial charge in [0.1, 0.15) is 11.2 Å². The molecule has 0 saturated heterocycles. The Morgan fingerprint density at radius 2 is 0.772 bits per heavy atom. The molecule has 0 N–H and O–H groups in total. The number of fused-ring (bicyclic) bond motifs is 15. The van der Waals surface area contributed by atoms with Gasteiger partial charge in [-0.1, -0.05) is 184 Å². The van der Waals surface area contributed by atoms with E-state index in [1.165, 1.54) is 65.7 Å². The summed E-state index contributed by atoms with van der Waals surface area (Å²) in [4.78, 5) is 4.65. The molecule has 13 aromatic carbocycles. The minimum atomic E-state index is -0.278. The lowest BCUT2D eigenvalue weighted by Gasteiger charge is -2.26. The molecule has 372 valence electrons. The van der Waals surface area contributed by atoms with E-state index >= 15 is 0 Å². The zero-order valence-corrected chi connectivity index (χ0v) is 43.6. The van der Waals surface area contributed by atoms with Crippen LogP contribution in [0.3, 0.4) is 0 Å². The molecule has 0 bridgehead atoms. The van der Waals surface area contributed by atoms with E-state index in [2.05, 4.69) is 278 Å². The van der Waals surface area contributed by atoms with E-state index in [1.54, 1.807) is 0 Å². The molecule has 4 heteroatoms. The minimum absolute atomic E-state index is 0.278. The second-order valence-corrected chi connectivity index (χ2v) is 21.6. The Balaban J connectivity index is 0.790. The number of benzene rings is 13. The van der Waals surface area contributed by atoms with Crippen LogP contribution in [0.2, 0.25) is 0 Å². The maximum absolute atomic E-state index is 6.64. The molecule has 0 radical (unpaired) electrons. The molecule has 0 saturated carbocycles. The molecule has 16 rings (SSSR count). The number of furan rings is 2. The molecule has 4 nitrogen and oxygen atoms in total. The zero-order chi connectivity index (χ0) is 52.3. The third-order valence-corrected chi connectivity index (χ3v) is 16.7. The molecular formula is C75H50N2O2. The van der Waals surface area contributed by atoms with Gasteiger partial charge in [-0.15, -0.1) is 0 Å². The highest BCUT2D eigenvalue weighted by Crippen LogP contribution is 2.56. The number of nitrogens with zero attached hydrogens (tertiary/aromatic N) is 2. The lowest BCUT2D eigenvalue weighted by molar-refractivity contribution is 0.667. The fraction of sp³-hybridized carbons (Fsp3) is 0.0400. The monoisotopic (exact) mass is 1010 g/mol. The molecule has 0 amide bonds. The van der Waals surface area contributed by atoms with Crippen LogP contribution in [0.25, 0.3) is 110 Å². The number of hydrogen-bond donors (Lipinski definition) is 0. The molecule has 1 aliphatic carbocycles. The van der Waals surface area contributed by atoms with E-state index in [4.69, 9.17) is 8.83 Å². The van der Waals surface area contributed by atoms with Crippen LogP contribution in [0.15, 0.2) is 276 Å². The molecule has 0 unspecified atom stereocenters. The molecule has 0 aliphatic heterocycles. The summed E-state index contributed by atoms with van der Waals surface area (Å²) in [6.07, 6.45) is 0. The van der Waals surface area contributed by atoms with Crippen molar-refractivity contribution in [3.8, 4) is 33.4 Å². The summed E-state index contributed by atoms with van der Waals surface area (Å²) >= 11 is 0. The fourth-order valence-corrected chi connectivity index (χ4v) is 13.1. The predicted molar refractivity (Wildman–Crippen MR) is 331 cm³/mol. The Morgan fingerprint density at radius 3 is 1.37 bits per heavy atom. The third kappa shape index (κ3) is 7.01. The van der Waals surface area contributed by atoms with Crippen molar-refractivity contribution in [1.29, 1.82) is 0 Å². The summed E-state index contributed by atoms with van der Waals surface area (Å²) in [6, 6.07) is 96.7. The van der Waals surface area contributed by atoms with Crippen molar-refractivity contribution in [3.05, 3.63) is 278 Å². The molecule has 1 aliphatic rings. The highest BCUT2D eigenvalue weighted by Gasteiger charge is 2.39. The number of anilines is 6. The lowest BCUT2D eigenvalue weighted by Crippen LogP contribution is -2.15. The highest BCUT2D eigenvalue weighted by molar-refractivity contribution is 6.20. The highest BCUT2D eigenvalue weighted by atomic mass is 16.3. The fourth-order valence-electron chi connectivity index (χ4n) is 13.1. The normalized spacial score (nSPS) is 12.8. The Kier molecular flexibility index (Phi) is 9.95. The maximum Gasteiger partial charge on any atom is 0.159 e. The van der Waals surface area contributed by atoms with Gasteiger partial charge < -0.3 is 18.6 Å². The van der Waals surface area contributed by atoms with Crippen molar-refractivity contribution in [2.75, 3.05) is 9.80 Å². The zero-order valence-electron chi connectivity index (χ0n) is 43.6. The predicted octanol–water partition coefficient (Wildman–Crippen LogP) is 21.5. The number of para-hydroxylation sites is 6. The largest absolute Gasteiger partial charge is 0.454 e. The standard InChI is InChI=1S/C75H50N2O2/c1-75(2)66-46-52-41-49(47-19-15-25-55(42-47)76(53-21-5-3-6-22-53)67-33-17-31-62-58-28-11-13-35-69(58)78-73(62)67)37-38-51(52)45-65(66)71-60-30-10-9-27-57(60)64-44-50(39-40-61(64)72(71)75)48-20-16-26-56(43-48)77(54-23-7-4-8-24-54)68-34-18-32-63-59-29-12-14-36-70(59)79-74(63)68/h3-46H,1-2H3. The van der Waals surface area contributed by atoms with Crippen molar-refractivity contribution in [2.45, 2.75) is 19.3 Å². The summed E-state index contributed by atoms with van der Waals surface area (Å²) < 4.78 is 13.3. The molecule has 15 aromatic rings. The van der Waals surface area contributed by atoms with Crippen LogP contribution in [0.1, 0.15) is 25.0 Å². The van der Waals surface area contributed by atoms with Gasteiger partial charge in [-0.3, -0.25) is 0 Å². The minimum Gasteiger partial charge on any atom is -0.454 e. The van der Waals surface area contributed by atoms with E-state index in [-0.39, 0.29) is 5.41 Å². The summed E-state index contributed by atoms with van der Waals surface area (Å²) in [5, 5.41) is 12.0. The van der Waals surface area contributed by atoms with Crippen LogP contribution in [0, 0.1) is 0 Å². The van der Waals surface area contributed by atoms with Gasteiger partial charge in [0.05, 0.1) is 11.4 Å². The number of rotatable bonds is 8. The first-order valence-electron chi connectivity index (χ1n) is 27.2. The topological polar surface area (TPSA) is 32.8 Å². The molecule has 2 aromatic heterocycles. The first-order valence-corrected chi connectivity index (χ1v) is 27.2. The van der Waals surface area contributed by atoms with Crippen molar-refractivity contribution >= 4 is 110 Å². The Hall–Kier alpha value is -10.2. The third-order valence-electron chi connectivity index (χ3n) is 16.7. The second kappa shape index (κ2) is 17.4. The average molecular weight is 1010 g/mol. The van der Waals surface area contributed by atoms with Crippen LogP contribution in [0.4, 0.5) is 34.1 Å². The van der Waals surface area contributed by atoms with Crippen molar-refractivity contribution in [2.24, 2.45) is 0 Å². The van der Waals surface area contributed by atoms with Crippen molar-refractivity contribution < 1.29 is 8.83 Å². The Bertz CT molecular complexity index is 4950. The van der Waals surface area contributed by atoms with Gasteiger partial charge in [-0.25, -0.2) is 0 Å². The van der Waals surface area contributed by atoms with Gasteiger partial charge in [0.25, 0.3) is 0 Å². The SMILES string of the molecule is CC1(C)c2cc3cc(-c4cccc(N(c5ccccc5)c5cccc6c5oc5ccccc56)c4)ccc3cc2-c2c1c1ccc(-c3cccc(N(c4ccccc4)c4cccc5c4oc4ccccc45)c3)cc1c1ccccc21. The van der Waals surface area contributed by atoms with Crippen LogP contribution in [-0.4, -0.2) is 0 Å². The first-order chi connectivity index (χ1) is 38.9. The van der Waals surface area contributed by atoms with Crippen LogP contribution >= 0.6 is 0 Å². The maximum atomic E-state index is 6.64. The van der Waals surface area contributed by atoms with Gasteiger partial charge in [-0.05, 0) is 174 Å². The van der Waals surface area contributed by atoms with Gasteiger partial charge in [0, 0.05) is 49.7 Å². The van der Waals surface area contributed by atoms with Crippen LogP contribution in [-0.2, 0) is 5.41 Å². The molecule has 0 spiro atoms. The Morgan fingerprint density at radius 1 is 0.304 bits per heavy atom. The van der Waals surface area contributed by atoms with Crippen molar-refractivity contribution in [3.63, 3.8) is 0 Å². The van der Waals surface area contributed by atoms with E-state index in [9.17, 15) is 0 Å². The molecule has 79 heavy (non-hydrogen) atoms. The van der Waals surface area contributed by atoms with E-state index in [1.807, 2.05) is 12.1 Å². The smallest absolute Gasteiger partial charge is 0.159 e. The lowest BCUT2D eigenvalue weighted by atomic mass is 9.78. The van der Waals surface area contributed by atoms with Gasteiger partial charge in [0.15, 0.2) is 11.2 Å². The van der Waals surface area contributed by atoms with Gasteiger partial charge >= 0.3 is 0 Å². The summed E-state index contributed by atoms with van der Waals surface area (Å²) in [7, 11) is 0. The molecule has 0 atom stereocenters. The van der Waals surface area contributed by atoms with Crippen LogP contribution in [0.5, 0.6) is 0 Å². The van der Waals surface area contributed by atoms with Crippen LogP contribution < -0.4 is 9.80 Å². The van der Waals surface area contributed by atoms with Gasteiger partial charge in [-0.2, -0.15) is 0 Å². The first kappa shape index (κ1) is 45.1. The summed E-state index contributed by atoms with van der Waals surface area (Å²) in [5.41, 5.74) is 19.5. The van der Waals surface area contributed by atoms with Gasteiger partial charge in [0.2, 0.25) is 0 Å². The van der Waals surface area contributed by atoms with E-state index in [0.717, 1.165) is 89.1 Å². The molecular weight excluding hydrogens is 961 g/mol. The quantitative estimate of drug-likeness (QED) is 0.142. The summed E-state index contributed by atoms with van der Waals surface area (Å²) in [5.74, 6) is 0. The van der Waals surface area contributed by atoms with Crippen molar-refractivity contribution in [1.82, 2.24) is 0 Å². The second-order valence-electron chi connectivity index (χ2n) is 21.6. The summed E-state index contributed by atoms with van der Waals surface area (Å²) in [6.45, 7) is 4.84. The molecule has 2 heterocycles.